The van der Waals surface area contributed by atoms with Crippen molar-refractivity contribution in [3.63, 3.8) is 0 Å². The van der Waals surface area contributed by atoms with Crippen molar-refractivity contribution in [3.8, 4) is 0 Å². The first kappa shape index (κ1) is 15.5. The SMILES string of the molecule is C=COC(CCC)N(CCCC)CCCC. The first-order chi connectivity index (χ1) is 7.79. The lowest BCUT2D eigenvalue weighted by Crippen LogP contribution is -2.37. The third-order valence-corrected chi connectivity index (χ3v) is 2.79. The van der Waals surface area contributed by atoms with Crippen LogP contribution in [0.4, 0.5) is 0 Å². The van der Waals surface area contributed by atoms with Gasteiger partial charge in [0.05, 0.1) is 6.26 Å². The van der Waals surface area contributed by atoms with Gasteiger partial charge in [-0.3, -0.25) is 4.90 Å². The standard InChI is InChI=1S/C14H29NO/c1-5-9-12-15(13-10-6-2)14(11-7-3)16-8-4/h8,14H,4-7,9-13H2,1-3H3. The minimum Gasteiger partial charge on any atom is -0.483 e. The molecule has 0 radical (unpaired) electrons. The summed E-state index contributed by atoms with van der Waals surface area (Å²) in [5.41, 5.74) is 0. The topological polar surface area (TPSA) is 12.5 Å². The number of rotatable bonds is 11. The van der Waals surface area contributed by atoms with E-state index >= 15 is 0 Å². The molecule has 96 valence electrons. The molecule has 0 aromatic rings. The van der Waals surface area contributed by atoms with Crippen LogP contribution >= 0.6 is 0 Å². The van der Waals surface area contributed by atoms with Gasteiger partial charge in [-0.2, -0.15) is 0 Å². The van der Waals surface area contributed by atoms with Crippen molar-refractivity contribution >= 4 is 0 Å². The fourth-order valence-electron chi connectivity index (χ4n) is 1.82. The summed E-state index contributed by atoms with van der Waals surface area (Å²) >= 11 is 0. The van der Waals surface area contributed by atoms with Gasteiger partial charge in [0.15, 0.2) is 6.23 Å². The molecule has 0 fully saturated rings. The van der Waals surface area contributed by atoms with E-state index < -0.39 is 0 Å². The van der Waals surface area contributed by atoms with Gasteiger partial charge in [0.2, 0.25) is 0 Å². The predicted molar refractivity (Wildman–Crippen MR) is 71.4 cm³/mol. The molecule has 0 bridgehead atoms. The second-order valence-corrected chi connectivity index (χ2v) is 4.29. The lowest BCUT2D eigenvalue weighted by atomic mass is 10.2. The lowest BCUT2D eigenvalue weighted by molar-refractivity contribution is -0.0159. The molecule has 1 unspecified atom stereocenters. The van der Waals surface area contributed by atoms with Crippen molar-refractivity contribution in [1.29, 1.82) is 0 Å². The van der Waals surface area contributed by atoms with E-state index in [-0.39, 0.29) is 6.23 Å². The highest BCUT2D eigenvalue weighted by molar-refractivity contribution is 4.66. The van der Waals surface area contributed by atoms with Gasteiger partial charge in [0.1, 0.15) is 0 Å². The third kappa shape index (κ3) is 6.89. The van der Waals surface area contributed by atoms with Gasteiger partial charge in [0, 0.05) is 13.1 Å². The number of unbranched alkanes of at least 4 members (excludes halogenated alkanes) is 2. The van der Waals surface area contributed by atoms with Gasteiger partial charge >= 0.3 is 0 Å². The van der Waals surface area contributed by atoms with Crippen LogP contribution in [-0.2, 0) is 4.74 Å². The third-order valence-electron chi connectivity index (χ3n) is 2.79. The van der Waals surface area contributed by atoms with E-state index in [1.807, 2.05) is 0 Å². The van der Waals surface area contributed by atoms with E-state index in [0.717, 1.165) is 25.9 Å². The van der Waals surface area contributed by atoms with E-state index in [0.29, 0.717) is 0 Å². The maximum atomic E-state index is 5.63. The van der Waals surface area contributed by atoms with Crippen LogP contribution in [0.1, 0.15) is 59.3 Å². The summed E-state index contributed by atoms with van der Waals surface area (Å²) in [6.45, 7) is 12.7. The monoisotopic (exact) mass is 227 g/mol. The van der Waals surface area contributed by atoms with Crippen molar-refractivity contribution < 1.29 is 4.74 Å². The van der Waals surface area contributed by atoms with Crippen LogP contribution in [0.3, 0.4) is 0 Å². The Bertz CT molecular complexity index is 151. The highest BCUT2D eigenvalue weighted by Crippen LogP contribution is 2.12. The number of ether oxygens (including phenoxy) is 1. The molecule has 2 nitrogen and oxygen atoms in total. The van der Waals surface area contributed by atoms with Crippen LogP contribution in [0, 0.1) is 0 Å². The number of hydrogen-bond acceptors (Lipinski definition) is 2. The maximum Gasteiger partial charge on any atom is 0.151 e. The first-order valence-corrected chi connectivity index (χ1v) is 6.80. The fourth-order valence-corrected chi connectivity index (χ4v) is 1.82. The van der Waals surface area contributed by atoms with Crippen molar-refractivity contribution in [1.82, 2.24) is 4.90 Å². The molecule has 0 aromatic heterocycles. The average molecular weight is 227 g/mol. The van der Waals surface area contributed by atoms with E-state index in [2.05, 4.69) is 32.3 Å². The molecule has 0 saturated heterocycles. The summed E-state index contributed by atoms with van der Waals surface area (Å²) in [4.78, 5) is 2.47. The van der Waals surface area contributed by atoms with E-state index in [4.69, 9.17) is 4.74 Å². The van der Waals surface area contributed by atoms with Gasteiger partial charge in [0.25, 0.3) is 0 Å². The summed E-state index contributed by atoms with van der Waals surface area (Å²) < 4.78 is 5.63. The zero-order valence-corrected chi connectivity index (χ0v) is 11.4. The molecule has 2 heteroatoms. The van der Waals surface area contributed by atoms with Gasteiger partial charge in [-0.1, -0.05) is 46.6 Å². The molecule has 1 atom stereocenters. The summed E-state index contributed by atoms with van der Waals surface area (Å²) in [5, 5.41) is 0. The second kappa shape index (κ2) is 11.0. The Morgan fingerprint density at radius 2 is 1.62 bits per heavy atom. The Hall–Kier alpha value is -0.500. The van der Waals surface area contributed by atoms with Crippen LogP contribution in [-0.4, -0.2) is 24.2 Å². The smallest absolute Gasteiger partial charge is 0.151 e. The fraction of sp³-hybridized carbons (Fsp3) is 0.857. The van der Waals surface area contributed by atoms with Crippen LogP contribution in [0.2, 0.25) is 0 Å². The van der Waals surface area contributed by atoms with Crippen molar-refractivity contribution in [2.45, 2.75) is 65.5 Å². The normalized spacial score (nSPS) is 12.8. The number of hydrogen-bond donors (Lipinski definition) is 0. The number of nitrogens with zero attached hydrogens (tertiary/aromatic N) is 1. The first-order valence-electron chi connectivity index (χ1n) is 6.80. The van der Waals surface area contributed by atoms with E-state index in [1.54, 1.807) is 6.26 Å². The van der Waals surface area contributed by atoms with Gasteiger partial charge in [-0.25, -0.2) is 0 Å². The molecular weight excluding hydrogens is 198 g/mol. The highest BCUT2D eigenvalue weighted by atomic mass is 16.5. The molecule has 0 saturated carbocycles. The summed E-state index contributed by atoms with van der Waals surface area (Å²) in [6.07, 6.45) is 9.08. The van der Waals surface area contributed by atoms with Crippen LogP contribution in [0.25, 0.3) is 0 Å². The predicted octanol–water partition coefficient (Wildman–Crippen LogP) is 4.17. The lowest BCUT2D eigenvalue weighted by Gasteiger charge is -2.30. The Balaban J connectivity index is 4.20. The highest BCUT2D eigenvalue weighted by Gasteiger charge is 2.16. The molecule has 0 aliphatic rings. The summed E-state index contributed by atoms with van der Waals surface area (Å²) in [7, 11) is 0. The minimum absolute atomic E-state index is 0.237. The van der Waals surface area contributed by atoms with Gasteiger partial charge in [-0.15, -0.1) is 0 Å². The Kier molecular flexibility index (Phi) is 10.7. The zero-order valence-electron chi connectivity index (χ0n) is 11.4. The molecule has 0 spiro atoms. The average Bonchev–Trinajstić information content (AvgIpc) is 2.29. The van der Waals surface area contributed by atoms with Gasteiger partial charge in [-0.05, 0) is 19.3 Å². The summed E-state index contributed by atoms with van der Waals surface area (Å²) in [6, 6.07) is 0. The largest absolute Gasteiger partial charge is 0.483 e. The van der Waals surface area contributed by atoms with Crippen LogP contribution < -0.4 is 0 Å². The Morgan fingerprint density at radius 3 is 2.00 bits per heavy atom. The zero-order chi connectivity index (χ0) is 12.2. The van der Waals surface area contributed by atoms with Crippen LogP contribution in [0.5, 0.6) is 0 Å². The molecular formula is C14H29NO. The van der Waals surface area contributed by atoms with Crippen molar-refractivity contribution in [2.24, 2.45) is 0 Å². The second-order valence-electron chi connectivity index (χ2n) is 4.29. The van der Waals surface area contributed by atoms with Gasteiger partial charge < -0.3 is 4.74 Å². The van der Waals surface area contributed by atoms with Crippen LogP contribution in [0.15, 0.2) is 12.8 Å². The van der Waals surface area contributed by atoms with E-state index in [9.17, 15) is 0 Å². The minimum atomic E-state index is 0.237. The molecule has 0 aliphatic carbocycles. The van der Waals surface area contributed by atoms with Crippen molar-refractivity contribution in [2.75, 3.05) is 13.1 Å². The quantitative estimate of drug-likeness (QED) is 0.388. The molecule has 0 aliphatic heterocycles. The van der Waals surface area contributed by atoms with E-state index in [1.165, 1.54) is 25.7 Å². The van der Waals surface area contributed by atoms with Crippen molar-refractivity contribution in [3.05, 3.63) is 12.8 Å². The maximum absolute atomic E-state index is 5.63. The Labute approximate surface area is 102 Å². The summed E-state index contributed by atoms with van der Waals surface area (Å²) in [5.74, 6) is 0. The Morgan fingerprint density at radius 1 is 1.06 bits per heavy atom. The molecule has 0 amide bonds. The molecule has 0 aromatic carbocycles. The molecule has 0 rings (SSSR count). The molecule has 0 heterocycles. The molecule has 16 heavy (non-hydrogen) atoms. The molecule has 0 N–H and O–H groups in total.